The third kappa shape index (κ3) is 5.47. The summed E-state index contributed by atoms with van der Waals surface area (Å²) < 4.78 is 21.5. The Bertz CT molecular complexity index is 1210. The molecular weight excluding hydrogens is 400 g/mol. The van der Waals surface area contributed by atoms with E-state index in [4.69, 9.17) is 18.9 Å². The van der Waals surface area contributed by atoms with E-state index >= 15 is 0 Å². The van der Waals surface area contributed by atoms with E-state index in [1.165, 1.54) is 38.6 Å². The molecule has 4 heteroatoms. The lowest BCUT2D eigenvalue weighted by Crippen LogP contribution is -2.10. The van der Waals surface area contributed by atoms with Gasteiger partial charge in [0.25, 0.3) is 0 Å². The van der Waals surface area contributed by atoms with Crippen molar-refractivity contribution in [3.05, 3.63) is 91.4 Å². The van der Waals surface area contributed by atoms with Crippen LogP contribution in [0.1, 0.15) is 5.56 Å². The molecule has 0 aliphatic heterocycles. The van der Waals surface area contributed by atoms with Crippen LogP contribution >= 0.6 is 0 Å². The molecule has 0 fully saturated rings. The molecule has 0 aliphatic carbocycles. The van der Waals surface area contributed by atoms with Crippen molar-refractivity contribution in [1.29, 1.82) is 0 Å². The van der Waals surface area contributed by atoms with Gasteiger partial charge in [-0.15, -0.1) is 0 Å². The van der Waals surface area contributed by atoms with Gasteiger partial charge in [-0.25, -0.2) is 0 Å². The maximum atomic E-state index is 5.65. The van der Waals surface area contributed by atoms with Crippen molar-refractivity contribution < 1.29 is 18.9 Å². The Hall–Kier alpha value is -3.34. The predicted octanol–water partition coefficient (Wildman–Crippen LogP) is 6.33. The highest BCUT2D eigenvalue weighted by Crippen LogP contribution is 2.32. The average Bonchev–Trinajstić information content (AvgIpc) is 2.83. The Balaban J connectivity index is 1.37. The van der Waals surface area contributed by atoms with Gasteiger partial charge < -0.3 is 18.9 Å². The van der Waals surface area contributed by atoms with Crippen LogP contribution in [-0.4, -0.2) is 39.6 Å². The summed E-state index contributed by atoms with van der Waals surface area (Å²) in [4.78, 5) is 0. The second kappa shape index (κ2) is 11.3. The van der Waals surface area contributed by atoms with Crippen molar-refractivity contribution in [3.63, 3.8) is 0 Å². The first-order chi connectivity index (χ1) is 15.9. The highest BCUT2D eigenvalue weighted by molar-refractivity contribution is 6.14. The second-order valence-corrected chi connectivity index (χ2v) is 7.37. The molecule has 0 heterocycles. The van der Waals surface area contributed by atoms with Crippen LogP contribution in [0.3, 0.4) is 0 Å². The summed E-state index contributed by atoms with van der Waals surface area (Å²) in [5.41, 5.74) is 1.14. The zero-order valence-electron chi connectivity index (χ0n) is 18.2. The number of rotatable bonds is 12. The van der Waals surface area contributed by atoms with Gasteiger partial charge >= 0.3 is 0 Å². The number of hydrogen-bond acceptors (Lipinski definition) is 4. The molecule has 0 radical (unpaired) electrons. The number of benzene rings is 4. The van der Waals surface area contributed by atoms with E-state index in [0.717, 1.165) is 5.56 Å². The molecule has 164 valence electrons. The molecular formula is C28H28O4. The first-order valence-corrected chi connectivity index (χ1v) is 10.9. The SMILES string of the molecule is C=COCCOCCOCCOC=Cc1cccc2ccc3cc4ccccc4cc3c12. The molecule has 0 bridgehead atoms. The fourth-order valence-corrected chi connectivity index (χ4v) is 3.78. The highest BCUT2D eigenvalue weighted by atomic mass is 16.6. The maximum Gasteiger partial charge on any atom is 0.111 e. The van der Waals surface area contributed by atoms with E-state index in [1.807, 2.05) is 6.08 Å². The Kier molecular flexibility index (Phi) is 7.74. The minimum Gasteiger partial charge on any atom is -0.499 e. The van der Waals surface area contributed by atoms with Crippen molar-refractivity contribution >= 4 is 38.4 Å². The Morgan fingerprint density at radius 1 is 0.625 bits per heavy atom. The van der Waals surface area contributed by atoms with Crippen molar-refractivity contribution in [3.8, 4) is 0 Å². The molecule has 0 N–H and O–H groups in total. The first kappa shape index (κ1) is 21.9. The zero-order valence-corrected chi connectivity index (χ0v) is 18.2. The van der Waals surface area contributed by atoms with Crippen LogP contribution in [0.4, 0.5) is 0 Å². The van der Waals surface area contributed by atoms with Crippen molar-refractivity contribution in [2.45, 2.75) is 0 Å². The molecule has 0 aromatic heterocycles. The Morgan fingerprint density at radius 3 is 2.06 bits per heavy atom. The zero-order chi connectivity index (χ0) is 22.0. The molecule has 4 aromatic carbocycles. The molecule has 4 aromatic rings. The van der Waals surface area contributed by atoms with Gasteiger partial charge in [0.1, 0.15) is 13.2 Å². The van der Waals surface area contributed by atoms with E-state index < -0.39 is 0 Å². The first-order valence-electron chi connectivity index (χ1n) is 10.9. The molecule has 0 spiro atoms. The number of hydrogen-bond donors (Lipinski definition) is 0. The van der Waals surface area contributed by atoms with Gasteiger partial charge in [0.05, 0.1) is 39.0 Å². The van der Waals surface area contributed by atoms with Crippen LogP contribution in [0.5, 0.6) is 0 Å². The molecule has 4 rings (SSSR count). The van der Waals surface area contributed by atoms with Crippen LogP contribution < -0.4 is 0 Å². The molecule has 0 aliphatic rings. The third-order valence-electron chi connectivity index (χ3n) is 5.28. The lowest BCUT2D eigenvalue weighted by Gasteiger charge is -2.09. The van der Waals surface area contributed by atoms with E-state index in [9.17, 15) is 0 Å². The van der Waals surface area contributed by atoms with Crippen LogP contribution in [0.2, 0.25) is 0 Å². The van der Waals surface area contributed by atoms with Gasteiger partial charge in [-0.2, -0.15) is 0 Å². The van der Waals surface area contributed by atoms with E-state index in [-0.39, 0.29) is 0 Å². The minimum atomic E-state index is 0.492. The van der Waals surface area contributed by atoms with Crippen LogP contribution in [0.25, 0.3) is 38.4 Å². The average molecular weight is 429 g/mol. The van der Waals surface area contributed by atoms with Gasteiger partial charge in [-0.1, -0.05) is 61.2 Å². The topological polar surface area (TPSA) is 36.9 Å². The smallest absolute Gasteiger partial charge is 0.111 e. The number of fused-ring (bicyclic) bond motifs is 4. The van der Waals surface area contributed by atoms with Gasteiger partial charge in [-0.05, 0) is 56.1 Å². The normalized spacial score (nSPS) is 11.5. The fourth-order valence-electron chi connectivity index (χ4n) is 3.78. The van der Waals surface area contributed by atoms with Gasteiger partial charge in [0.2, 0.25) is 0 Å². The standard InChI is InChI=1S/C28H28O4/c1-2-29-14-15-31-18-19-32-17-16-30-13-12-23-9-5-8-22-10-11-26-20-24-6-3-4-7-25(24)21-27(26)28(22)23/h2-13,20-21H,1,14-19H2. The molecule has 0 saturated carbocycles. The Labute approximate surface area is 188 Å². The molecule has 0 saturated heterocycles. The van der Waals surface area contributed by atoms with Crippen LogP contribution in [-0.2, 0) is 18.9 Å². The summed E-state index contributed by atoms with van der Waals surface area (Å²) >= 11 is 0. The summed E-state index contributed by atoms with van der Waals surface area (Å²) in [6, 6.07) is 23.8. The summed E-state index contributed by atoms with van der Waals surface area (Å²) in [6.45, 7) is 6.60. The van der Waals surface area contributed by atoms with Crippen molar-refractivity contribution in [1.82, 2.24) is 0 Å². The molecule has 0 atom stereocenters. The summed E-state index contributed by atoms with van der Waals surface area (Å²) in [5, 5.41) is 7.46. The lowest BCUT2D eigenvalue weighted by atomic mass is 9.95. The summed E-state index contributed by atoms with van der Waals surface area (Å²) in [5.74, 6) is 0. The lowest BCUT2D eigenvalue weighted by molar-refractivity contribution is 0.0187. The van der Waals surface area contributed by atoms with E-state index in [0.29, 0.717) is 39.6 Å². The molecule has 0 amide bonds. The largest absolute Gasteiger partial charge is 0.499 e. The summed E-state index contributed by atoms with van der Waals surface area (Å²) in [6.07, 6.45) is 5.19. The molecule has 0 unspecified atom stereocenters. The summed E-state index contributed by atoms with van der Waals surface area (Å²) in [7, 11) is 0. The van der Waals surface area contributed by atoms with E-state index in [1.54, 1.807) is 6.26 Å². The van der Waals surface area contributed by atoms with E-state index in [2.05, 4.69) is 73.3 Å². The monoisotopic (exact) mass is 428 g/mol. The van der Waals surface area contributed by atoms with Crippen LogP contribution in [0, 0.1) is 0 Å². The number of ether oxygens (including phenoxy) is 4. The van der Waals surface area contributed by atoms with Gasteiger partial charge in [-0.3, -0.25) is 0 Å². The minimum absolute atomic E-state index is 0.492. The molecule has 32 heavy (non-hydrogen) atoms. The quantitative estimate of drug-likeness (QED) is 0.114. The highest BCUT2D eigenvalue weighted by Gasteiger charge is 2.06. The second-order valence-electron chi connectivity index (χ2n) is 7.37. The predicted molar refractivity (Wildman–Crippen MR) is 132 cm³/mol. The van der Waals surface area contributed by atoms with Crippen LogP contribution in [0.15, 0.2) is 85.8 Å². The van der Waals surface area contributed by atoms with Crippen molar-refractivity contribution in [2.24, 2.45) is 0 Å². The third-order valence-corrected chi connectivity index (χ3v) is 5.28. The van der Waals surface area contributed by atoms with Crippen molar-refractivity contribution in [2.75, 3.05) is 39.6 Å². The maximum absolute atomic E-state index is 5.65. The van der Waals surface area contributed by atoms with Gasteiger partial charge in [0, 0.05) is 0 Å². The molecule has 4 nitrogen and oxygen atoms in total. The Morgan fingerprint density at radius 2 is 1.28 bits per heavy atom. The van der Waals surface area contributed by atoms with Gasteiger partial charge in [0.15, 0.2) is 0 Å². The fraction of sp³-hybridized carbons (Fsp3) is 0.214.